The Morgan fingerprint density at radius 2 is 2.06 bits per heavy atom. The van der Waals surface area contributed by atoms with Gasteiger partial charge in [-0.1, -0.05) is 0 Å². The molecule has 0 spiro atoms. The Labute approximate surface area is 94.2 Å². The van der Waals surface area contributed by atoms with Gasteiger partial charge in [0.25, 0.3) is 0 Å². The second kappa shape index (κ2) is 4.47. The van der Waals surface area contributed by atoms with E-state index in [1.807, 2.05) is 0 Å². The minimum absolute atomic E-state index is 0.146. The van der Waals surface area contributed by atoms with Crippen LogP contribution in [-0.4, -0.2) is 30.1 Å². The van der Waals surface area contributed by atoms with E-state index in [0.717, 1.165) is 42.8 Å². The molecule has 0 aliphatic heterocycles. The molecular formula is C11H15N3O2. The summed E-state index contributed by atoms with van der Waals surface area (Å²) in [5, 5.41) is 3.02. The smallest absolute Gasteiger partial charge is 0.376 e. The molecule has 5 heteroatoms. The van der Waals surface area contributed by atoms with E-state index in [0.29, 0.717) is 0 Å². The molecule has 1 aromatic rings. The Hall–Kier alpha value is -1.65. The molecule has 0 saturated heterocycles. The topological polar surface area (TPSA) is 64.1 Å². The fourth-order valence-corrected chi connectivity index (χ4v) is 1.98. The van der Waals surface area contributed by atoms with Crippen LogP contribution in [0.15, 0.2) is 0 Å². The number of hydrogen-bond donors (Lipinski definition) is 1. The predicted molar refractivity (Wildman–Crippen MR) is 59.6 cm³/mol. The van der Waals surface area contributed by atoms with Gasteiger partial charge in [-0.25, -0.2) is 14.8 Å². The van der Waals surface area contributed by atoms with Gasteiger partial charge in [-0.3, -0.25) is 0 Å². The van der Waals surface area contributed by atoms with Gasteiger partial charge in [0.15, 0.2) is 0 Å². The maximum absolute atomic E-state index is 11.4. The highest BCUT2D eigenvalue weighted by atomic mass is 16.5. The third-order valence-corrected chi connectivity index (χ3v) is 2.79. The molecule has 0 saturated carbocycles. The highest BCUT2D eigenvalue weighted by Gasteiger charge is 2.20. The van der Waals surface area contributed by atoms with E-state index in [4.69, 9.17) is 0 Å². The molecule has 0 radical (unpaired) electrons. The fourth-order valence-electron chi connectivity index (χ4n) is 1.98. The first kappa shape index (κ1) is 10.9. The Morgan fingerprint density at radius 1 is 1.31 bits per heavy atom. The van der Waals surface area contributed by atoms with Gasteiger partial charge in [0, 0.05) is 12.6 Å². The first-order chi connectivity index (χ1) is 7.76. The van der Waals surface area contributed by atoms with Gasteiger partial charge in [0.05, 0.1) is 12.8 Å². The summed E-state index contributed by atoms with van der Waals surface area (Å²) < 4.78 is 4.64. The maximum Gasteiger partial charge on any atom is 0.376 e. The number of hydrogen-bond acceptors (Lipinski definition) is 5. The van der Waals surface area contributed by atoms with Crippen molar-refractivity contribution in [1.82, 2.24) is 9.97 Å². The lowest BCUT2D eigenvalue weighted by Crippen LogP contribution is -2.16. The van der Waals surface area contributed by atoms with Gasteiger partial charge in [0.1, 0.15) is 5.82 Å². The van der Waals surface area contributed by atoms with E-state index in [-0.39, 0.29) is 5.82 Å². The summed E-state index contributed by atoms with van der Waals surface area (Å²) in [6.07, 6.45) is 4.17. The molecule has 5 nitrogen and oxygen atoms in total. The zero-order valence-electron chi connectivity index (χ0n) is 9.54. The van der Waals surface area contributed by atoms with Gasteiger partial charge in [-0.05, 0) is 25.7 Å². The summed E-state index contributed by atoms with van der Waals surface area (Å²) in [4.78, 5) is 19.8. The maximum atomic E-state index is 11.4. The minimum atomic E-state index is -0.482. The van der Waals surface area contributed by atoms with Crippen molar-refractivity contribution < 1.29 is 9.53 Å². The number of fused-ring (bicyclic) bond motifs is 1. The van der Waals surface area contributed by atoms with Crippen molar-refractivity contribution in [3.63, 3.8) is 0 Å². The van der Waals surface area contributed by atoms with Gasteiger partial charge in [-0.15, -0.1) is 0 Å². The van der Waals surface area contributed by atoms with E-state index < -0.39 is 5.97 Å². The molecule has 0 fully saturated rings. The number of ether oxygens (including phenoxy) is 1. The number of esters is 1. The molecule has 86 valence electrons. The van der Waals surface area contributed by atoms with E-state index in [1.54, 1.807) is 7.05 Å². The van der Waals surface area contributed by atoms with E-state index in [2.05, 4.69) is 20.0 Å². The predicted octanol–water partition coefficient (Wildman–Crippen LogP) is 1.18. The summed E-state index contributed by atoms with van der Waals surface area (Å²) in [7, 11) is 3.14. The van der Waals surface area contributed by atoms with Gasteiger partial charge >= 0.3 is 5.97 Å². The monoisotopic (exact) mass is 221 g/mol. The van der Waals surface area contributed by atoms with Crippen LogP contribution >= 0.6 is 0 Å². The van der Waals surface area contributed by atoms with Crippen LogP contribution in [0, 0.1) is 0 Å². The number of rotatable bonds is 2. The van der Waals surface area contributed by atoms with Crippen LogP contribution in [0.3, 0.4) is 0 Å². The number of carbonyl (C=O) groups is 1. The van der Waals surface area contributed by atoms with Crippen molar-refractivity contribution >= 4 is 11.8 Å². The standard InChI is InChI=1S/C11H15N3O2/c1-12-9-7-5-3-4-6-8(7)13-10(14-9)11(15)16-2/h3-6H2,1-2H3,(H,12,13,14). The lowest BCUT2D eigenvalue weighted by Gasteiger charge is -2.18. The lowest BCUT2D eigenvalue weighted by atomic mass is 9.96. The van der Waals surface area contributed by atoms with Gasteiger partial charge < -0.3 is 10.1 Å². The average molecular weight is 221 g/mol. The molecule has 0 aromatic carbocycles. The second-order valence-corrected chi connectivity index (χ2v) is 3.77. The van der Waals surface area contributed by atoms with E-state index >= 15 is 0 Å². The zero-order valence-corrected chi connectivity index (χ0v) is 9.54. The molecule has 1 aliphatic rings. The Bertz CT molecular complexity index is 401. The van der Waals surface area contributed by atoms with Crippen LogP contribution in [0.1, 0.15) is 34.7 Å². The molecule has 0 amide bonds. The summed E-state index contributed by atoms with van der Waals surface area (Å²) in [6, 6.07) is 0. The van der Waals surface area contributed by atoms with Crippen molar-refractivity contribution in [3.8, 4) is 0 Å². The molecule has 0 atom stereocenters. The molecule has 1 aromatic heterocycles. The molecule has 2 rings (SSSR count). The number of nitrogens with one attached hydrogen (secondary N) is 1. The van der Waals surface area contributed by atoms with Crippen LogP contribution in [0.4, 0.5) is 5.82 Å². The Balaban J connectivity index is 2.47. The summed E-state index contributed by atoms with van der Waals surface area (Å²) >= 11 is 0. The van der Waals surface area contributed by atoms with Crippen LogP contribution in [0.2, 0.25) is 0 Å². The molecule has 1 heterocycles. The van der Waals surface area contributed by atoms with Gasteiger partial charge in [0.2, 0.25) is 5.82 Å². The Kier molecular flexibility index (Phi) is 3.03. The van der Waals surface area contributed by atoms with Crippen LogP contribution in [0.25, 0.3) is 0 Å². The third kappa shape index (κ3) is 1.85. The van der Waals surface area contributed by atoms with Crippen molar-refractivity contribution in [2.75, 3.05) is 19.5 Å². The van der Waals surface area contributed by atoms with E-state index in [9.17, 15) is 4.79 Å². The molecule has 0 unspecified atom stereocenters. The highest BCUT2D eigenvalue weighted by Crippen LogP contribution is 2.25. The normalized spacial score (nSPS) is 14.1. The van der Waals surface area contributed by atoms with Crippen LogP contribution in [0.5, 0.6) is 0 Å². The summed E-state index contributed by atoms with van der Waals surface area (Å²) in [5.41, 5.74) is 2.12. The SMILES string of the molecule is CNc1nc(C(=O)OC)nc2c1CCCC2. The quantitative estimate of drug-likeness (QED) is 0.760. The minimum Gasteiger partial charge on any atom is -0.463 e. The number of methoxy groups -OCH3 is 1. The van der Waals surface area contributed by atoms with Crippen molar-refractivity contribution in [1.29, 1.82) is 0 Å². The second-order valence-electron chi connectivity index (χ2n) is 3.77. The molecule has 1 N–H and O–H groups in total. The van der Waals surface area contributed by atoms with E-state index in [1.165, 1.54) is 7.11 Å². The zero-order chi connectivity index (χ0) is 11.5. The lowest BCUT2D eigenvalue weighted by molar-refractivity contribution is 0.0586. The molecule has 1 aliphatic carbocycles. The molecule has 16 heavy (non-hydrogen) atoms. The summed E-state index contributed by atoms with van der Waals surface area (Å²) in [5.74, 6) is 0.419. The highest BCUT2D eigenvalue weighted by molar-refractivity contribution is 5.85. The number of anilines is 1. The first-order valence-electron chi connectivity index (χ1n) is 5.42. The molecular weight excluding hydrogens is 206 g/mol. The molecule has 0 bridgehead atoms. The van der Waals surface area contributed by atoms with Crippen molar-refractivity contribution in [2.24, 2.45) is 0 Å². The van der Waals surface area contributed by atoms with Crippen LogP contribution in [-0.2, 0) is 17.6 Å². The largest absolute Gasteiger partial charge is 0.463 e. The van der Waals surface area contributed by atoms with Gasteiger partial charge in [-0.2, -0.15) is 0 Å². The van der Waals surface area contributed by atoms with Crippen molar-refractivity contribution in [2.45, 2.75) is 25.7 Å². The number of aromatic nitrogens is 2. The Morgan fingerprint density at radius 3 is 2.75 bits per heavy atom. The van der Waals surface area contributed by atoms with Crippen LogP contribution < -0.4 is 5.32 Å². The number of nitrogens with zero attached hydrogens (tertiary/aromatic N) is 2. The number of carbonyl (C=O) groups excluding carboxylic acids is 1. The number of aryl methyl sites for hydroxylation is 1. The van der Waals surface area contributed by atoms with Crippen molar-refractivity contribution in [3.05, 3.63) is 17.1 Å². The first-order valence-corrected chi connectivity index (χ1v) is 5.42. The fraction of sp³-hybridized carbons (Fsp3) is 0.545. The third-order valence-electron chi connectivity index (χ3n) is 2.79. The summed E-state index contributed by atoms with van der Waals surface area (Å²) in [6.45, 7) is 0. The average Bonchev–Trinajstić information content (AvgIpc) is 2.36.